The molecule has 1 fully saturated rings. The van der Waals surface area contributed by atoms with Gasteiger partial charge in [0.05, 0.1) is 0 Å². The summed E-state index contributed by atoms with van der Waals surface area (Å²) in [6, 6.07) is 6.73. The molecule has 0 amide bonds. The van der Waals surface area contributed by atoms with Gasteiger partial charge in [-0.25, -0.2) is 4.39 Å². The van der Waals surface area contributed by atoms with Crippen LogP contribution in [0.25, 0.3) is 0 Å². The van der Waals surface area contributed by atoms with E-state index in [0.717, 1.165) is 19.6 Å². The Balaban J connectivity index is 1.75. The average molecular weight is 238 g/mol. The summed E-state index contributed by atoms with van der Waals surface area (Å²) in [5.41, 5.74) is 5.93. The number of para-hydroxylation sites is 1. The third-order valence-electron chi connectivity index (χ3n) is 3.25. The molecule has 1 aliphatic heterocycles. The molecule has 1 saturated heterocycles. The molecular weight excluding hydrogens is 219 g/mol. The summed E-state index contributed by atoms with van der Waals surface area (Å²) < 4.78 is 18.7. The van der Waals surface area contributed by atoms with Gasteiger partial charge in [0, 0.05) is 25.7 Å². The Bertz CT molecular complexity index is 362. The van der Waals surface area contributed by atoms with Gasteiger partial charge in [0.1, 0.15) is 6.61 Å². The van der Waals surface area contributed by atoms with Crippen LogP contribution in [0.4, 0.5) is 4.39 Å². The van der Waals surface area contributed by atoms with Crippen LogP contribution in [0, 0.1) is 11.7 Å². The Morgan fingerprint density at radius 1 is 1.41 bits per heavy atom. The zero-order chi connectivity index (χ0) is 12.3. The number of ether oxygens (including phenoxy) is 1. The first-order valence-corrected chi connectivity index (χ1v) is 6.02. The summed E-state index contributed by atoms with van der Waals surface area (Å²) in [5, 5.41) is 0. The molecule has 0 spiro atoms. The maximum Gasteiger partial charge on any atom is 0.165 e. The van der Waals surface area contributed by atoms with Crippen LogP contribution in [0.5, 0.6) is 5.75 Å². The van der Waals surface area contributed by atoms with Gasteiger partial charge in [0.15, 0.2) is 11.6 Å². The molecule has 2 atom stereocenters. The second kappa shape index (κ2) is 5.47. The van der Waals surface area contributed by atoms with Crippen molar-refractivity contribution in [1.29, 1.82) is 0 Å². The van der Waals surface area contributed by atoms with E-state index in [4.69, 9.17) is 10.5 Å². The Morgan fingerprint density at radius 3 is 2.82 bits per heavy atom. The van der Waals surface area contributed by atoms with E-state index in [1.165, 1.54) is 6.07 Å². The molecule has 0 radical (unpaired) electrons. The van der Waals surface area contributed by atoms with Crippen molar-refractivity contribution in [3.8, 4) is 5.75 Å². The van der Waals surface area contributed by atoms with Crippen molar-refractivity contribution in [2.45, 2.75) is 13.0 Å². The summed E-state index contributed by atoms with van der Waals surface area (Å²) in [4.78, 5) is 2.26. The lowest BCUT2D eigenvalue weighted by atomic mass is 10.1. The molecular formula is C13H19FN2O. The molecule has 17 heavy (non-hydrogen) atoms. The molecule has 1 aromatic rings. The number of hydrogen-bond acceptors (Lipinski definition) is 3. The van der Waals surface area contributed by atoms with Crippen LogP contribution < -0.4 is 10.5 Å². The van der Waals surface area contributed by atoms with E-state index in [1.807, 2.05) is 0 Å². The number of hydrogen-bond donors (Lipinski definition) is 1. The number of rotatable bonds is 4. The minimum Gasteiger partial charge on any atom is -0.489 e. The van der Waals surface area contributed by atoms with E-state index in [1.54, 1.807) is 18.2 Å². The van der Waals surface area contributed by atoms with Crippen LogP contribution in [0.1, 0.15) is 6.92 Å². The van der Waals surface area contributed by atoms with Crippen molar-refractivity contribution in [3.05, 3.63) is 30.1 Å². The fourth-order valence-electron chi connectivity index (χ4n) is 2.12. The molecule has 94 valence electrons. The van der Waals surface area contributed by atoms with Gasteiger partial charge in [0.25, 0.3) is 0 Å². The third kappa shape index (κ3) is 3.17. The van der Waals surface area contributed by atoms with Crippen molar-refractivity contribution in [2.75, 3.05) is 26.2 Å². The summed E-state index contributed by atoms with van der Waals surface area (Å²) in [5.74, 6) is 0.548. The molecule has 3 nitrogen and oxygen atoms in total. The largest absolute Gasteiger partial charge is 0.489 e. The molecule has 0 bridgehead atoms. The summed E-state index contributed by atoms with van der Waals surface area (Å²) >= 11 is 0. The van der Waals surface area contributed by atoms with Crippen LogP contribution in [-0.2, 0) is 0 Å². The molecule has 2 N–H and O–H groups in total. The highest BCUT2D eigenvalue weighted by Crippen LogP contribution is 2.16. The highest BCUT2D eigenvalue weighted by Gasteiger charge is 2.25. The molecule has 1 heterocycles. The average Bonchev–Trinajstić information content (AvgIpc) is 2.61. The number of benzene rings is 1. The minimum atomic E-state index is -0.306. The normalized spacial score (nSPS) is 25.1. The first kappa shape index (κ1) is 12.3. The van der Waals surface area contributed by atoms with Gasteiger partial charge in [-0.3, -0.25) is 4.90 Å². The fraction of sp³-hybridized carbons (Fsp3) is 0.538. The Labute approximate surface area is 101 Å². The smallest absolute Gasteiger partial charge is 0.165 e. The lowest BCUT2D eigenvalue weighted by Gasteiger charge is -2.15. The quantitative estimate of drug-likeness (QED) is 0.863. The molecule has 1 aliphatic rings. The molecule has 0 saturated carbocycles. The van der Waals surface area contributed by atoms with Gasteiger partial charge >= 0.3 is 0 Å². The summed E-state index contributed by atoms with van der Waals surface area (Å²) in [6.07, 6.45) is 0. The van der Waals surface area contributed by atoms with Crippen molar-refractivity contribution < 1.29 is 9.13 Å². The Kier molecular flexibility index (Phi) is 3.97. The maximum atomic E-state index is 13.3. The van der Waals surface area contributed by atoms with E-state index in [9.17, 15) is 4.39 Å². The first-order chi connectivity index (χ1) is 8.16. The first-order valence-electron chi connectivity index (χ1n) is 6.02. The van der Waals surface area contributed by atoms with Crippen molar-refractivity contribution in [1.82, 2.24) is 4.90 Å². The van der Waals surface area contributed by atoms with E-state index >= 15 is 0 Å². The molecule has 2 rings (SSSR count). The van der Waals surface area contributed by atoms with Crippen LogP contribution in [-0.4, -0.2) is 37.2 Å². The van der Waals surface area contributed by atoms with Crippen molar-refractivity contribution in [2.24, 2.45) is 11.7 Å². The molecule has 4 heteroatoms. The Morgan fingerprint density at radius 2 is 2.18 bits per heavy atom. The lowest BCUT2D eigenvalue weighted by Crippen LogP contribution is -2.30. The lowest BCUT2D eigenvalue weighted by molar-refractivity contribution is 0.227. The molecule has 0 aromatic heterocycles. The summed E-state index contributed by atoms with van der Waals surface area (Å²) in [6.45, 7) is 5.36. The summed E-state index contributed by atoms with van der Waals surface area (Å²) in [7, 11) is 0. The number of nitrogens with two attached hydrogens (primary N) is 1. The zero-order valence-corrected chi connectivity index (χ0v) is 10.1. The van der Waals surface area contributed by atoms with Gasteiger partial charge < -0.3 is 10.5 Å². The monoisotopic (exact) mass is 238 g/mol. The van der Waals surface area contributed by atoms with Gasteiger partial charge in [0.2, 0.25) is 0 Å². The topological polar surface area (TPSA) is 38.5 Å². The van der Waals surface area contributed by atoms with Crippen molar-refractivity contribution >= 4 is 0 Å². The van der Waals surface area contributed by atoms with Gasteiger partial charge in [-0.15, -0.1) is 0 Å². The minimum absolute atomic E-state index is 0.253. The van der Waals surface area contributed by atoms with Gasteiger partial charge in [-0.05, 0) is 18.1 Å². The predicted molar refractivity (Wildman–Crippen MR) is 65.5 cm³/mol. The van der Waals surface area contributed by atoms with Crippen LogP contribution in [0.15, 0.2) is 24.3 Å². The molecule has 1 aromatic carbocycles. The second-order valence-corrected chi connectivity index (χ2v) is 4.68. The second-order valence-electron chi connectivity index (χ2n) is 4.68. The van der Waals surface area contributed by atoms with Crippen molar-refractivity contribution in [3.63, 3.8) is 0 Å². The fourth-order valence-corrected chi connectivity index (χ4v) is 2.12. The number of likely N-dealkylation sites (tertiary alicyclic amines) is 1. The van der Waals surface area contributed by atoms with Crippen LogP contribution in [0.3, 0.4) is 0 Å². The highest BCUT2D eigenvalue weighted by atomic mass is 19.1. The van der Waals surface area contributed by atoms with E-state index in [0.29, 0.717) is 18.3 Å². The SMILES string of the molecule is CC1CN(CCOc2ccccc2F)CC1N. The van der Waals surface area contributed by atoms with Gasteiger partial charge in [-0.1, -0.05) is 19.1 Å². The standard InChI is InChI=1S/C13H19FN2O/c1-10-8-16(9-12(10)15)6-7-17-13-5-3-2-4-11(13)14/h2-5,10,12H,6-9,15H2,1H3. The highest BCUT2D eigenvalue weighted by molar-refractivity contribution is 5.23. The van der Waals surface area contributed by atoms with Crippen LogP contribution >= 0.6 is 0 Å². The number of nitrogens with zero attached hydrogens (tertiary/aromatic N) is 1. The van der Waals surface area contributed by atoms with E-state index in [-0.39, 0.29) is 11.9 Å². The van der Waals surface area contributed by atoms with Crippen LogP contribution in [0.2, 0.25) is 0 Å². The predicted octanol–water partition coefficient (Wildman–Crippen LogP) is 1.48. The van der Waals surface area contributed by atoms with E-state index < -0.39 is 0 Å². The van der Waals surface area contributed by atoms with E-state index in [2.05, 4.69) is 11.8 Å². The number of halogens is 1. The zero-order valence-electron chi connectivity index (χ0n) is 10.1. The Hall–Kier alpha value is -1.13. The third-order valence-corrected chi connectivity index (χ3v) is 3.25. The maximum absolute atomic E-state index is 13.3. The molecule has 2 unspecified atom stereocenters. The van der Waals surface area contributed by atoms with Gasteiger partial charge in [-0.2, -0.15) is 0 Å². The molecule has 0 aliphatic carbocycles.